The number of nitrogens with one attached hydrogen (secondary N) is 1. The second kappa shape index (κ2) is 6.87. The monoisotopic (exact) mass is 381 g/mol. The molecule has 3 rings (SSSR count). The SMILES string of the molecule is CCc1nnsc1C(=O)Nc1cc(C)nn1-c1ccccc1C(F)(F)F. The van der Waals surface area contributed by atoms with Crippen molar-refractivity contribution in [1.29, 1.82) is 0 Å². The van der Waals surface area contributed by atoms with Gasteiger partial charge in [-0.2, -0.15) is 18.3 Å². The number of carbonyl (C=O) groups excluding carboxylic acids is 1. The third kappa shape index (κ3) is 3.45. The van der Waals surface area contributed by atoms with E-state index in [0.717, 1.165) is 22.3 Å². The first-order chi connectivity index (χ1) is 12.3. The average molecular weight is 381 g/mol. The Kier molecular flexibility index (Phi) is 4.77. The van der Waals surface area contributed by atoms with Crippen LogP contribution < -0.4 is 5.32 Å². The van der Waals surface area contributed by atoms with Crippen molar-refractivity contribution >= 4 is 23.3 Å². The van der Waals surface area contributed by atoms with Crippen molar-refractivity contribution in [2.24, 2.45) is 0 Å². The van der Waals surface area contributed by atoms with Gasteiger partial charge in [-0.1, -0.05) is 23.5 Å². The number of nitrogens with zero attached hydrogens (tertiary/aromatic N) is 4. The van der Waals surface area contributed by atoms with Crippen molar-refractivity contribution < 1.29 is 18.0 Å². The number of rotatable bonds is 4. The molecule has 136 valence electrons. The van der Waals surface area contributed by atoms with E-state index in [4.69, 9.17) is 0 Å². The molecule has 0 saturated heterocycles. The number of benzene rings is 1. The van der Waals surface area contributed by atoms with Gasteiger partial charge in [0, 0.05) is 6.07 Å². The summed E-state index contributed by atoms with van der Waals surface area (Å²) in [6.07, 6.45) is -4.02. The van der Waals surface area contributed by atoms with Crippen LogP contribution in [0.5, 0.6) is 0 Å². The summed E-state index contributed by atoms with van der Waals surface area (Å²) < 4.78 is 44.8. The lowest BCUT2D eigenvalue weighted by atomic mass is 10.1. The highest BCUT2D eigenvalue weighted by Gasteiger charge is 2.34. The standard InChI is InChI=1S/C16H14F3N5OS/c1-3-11-14(26-23-21-11)15(25)20-13-8-9(2)22-24(13)12-7-5-4-6-10(12)16(17,18)19/h4-8H,3H2,1-2H3,(H,20,25). The Bertz CT molecular complexity index is 948. The van der Waals surface area contributed by atoms with E-state index in [1.807, 2.05) is 6.92 Å². The van der Waals surface area contributed by atoms with Crippen LogP contribution in [-0.2, 0) is 12.6 Å². The highest BCUT2D eigenvalue weighted by molar-refractivity contribution is 7.08. The number of hydrogen-bond donors (Lipinski definition) is 1. The average Bonchev–Trinajstić information content (AvgIpc) is 3.20. The Balaban J connectivity index is 2.02. The lowest BCUT2D eigenvalue weighted by molar-refractivity contribution is -0.137. The van der Waals surface area contributed by atoms with Crippen molar-refractivity contribution in [3.8, 4) is 5.69 Å². The highest BCUT2D eigenvalue weighted by Crippen LogP contribution is 2.34. The summed E-state index contributed by atoms with van der Waals surface area (Å²) >= 11 is 0.935. The molecule has 0 spiro atoms. The second-order valence-corrected chi connectivity index (χ2v) is 6.21. The molecule has 1 N–H and O–H groups in total. The molecule has 2 heterocycles. The zero-order valence-electron chi connectivity index (χ0n) is 13.8. The maximum Gasteiger partial charge on any atom is 0.418 e. The molecule has 3 aromatic rings. The predicted octanol–water partition coefficient (Wildman–Crippen LogP) is 3.87. The van der Waals surface area contributed by atoms with Gasteiger partial charge < -0.3 is 5.32 Å². The van der Waals surface area contributed by atoms with Gasteiger partial charge in [0.2, 0.25) is 0 Å². The summed E-state index contributed by atoms with van der Waals surface area (Å²) in [5.74, 6) is -0.345. The molecular formula is C16H14F3N5OS. The smallest absolute Gasteiger partial charge is 0.306 e. The van der Waals surface area contributed by atoms with Gasteiger partial charge in [0.1, 0.15) is 10.7 Å². The minimum Gasteiger partial charge on any atom is -0.306 e. The molecule has 0 fully saturated rings. The van der Waals surface area contributed by atoms with E-state index in [1.54, 1.807) is 6.92 Å². The van der Waals surface area contributed by atoms with Crippen molar-refractivity contribution in [3.63, 3.8) is 0 Å². The molecule has 1 aromatic carbocycles. The third-order valence-electron chi connectivity index (χ3n) is 3.61. The van der Waals surface area contributed by atoms with Gasteiger partial charge in [-0.05, 0) is 37.0 Å². The van der Waals surface area contributed by atoms with Gasteiger partial charge in [0.15, 0.2) is 0 Å². The third-order valence-corrected chi connectivity index (χ3v) is 4.37. The molecule has 26 heavy (non-hydrogen) atoms. The van der Waals surface area contributed by atoms with Crippen LogP contribution >= 0.6 is 11.5 Å². The molecule has 2 aromatic heterocycles. The molecule has 10 heteroatoms. The van der Waals surface area contributed by atoms with Crippen molar-refractivity contribution in [2.75, 3.05) is 5.32 Å². The minimum atomic E-state index is -4.55. The minimum absolute atomic E-state index is 0.139. The number of hydrogen-bond acceptors (Lipinski definition) is 5. The number of para-hydroxylation sites is 1. The summed E-state index contributed by atoms with van der Waals surface area (Å²) in [7, 11) is 0. The summed E-state index contributed by atoms with van der Waals surface area (Å²) in [5.41, 5.74) is -0.00440. The number of halogens is 3. The molecule has 1 amide bonds. The first-order valence-corrected chi connectivity index (χ1v) is 8.44. The van der Waals surface area contributed by atoms with E-state index >= 15 is 0 Å². The lowest BCUT2D eigenvalue weighted by Gasteiger charge is -2.14. The van der Waals surface area contributed by atoms with Gasteiger partial charge in [0.05, 0.1) is 22.6 Å². The molecular weight excluding hydrogens is 367 g/mol. The van der Waals surface area contributed by atoms with Crippen LogP contribution in [0, 0.1) is 6.92 Å². The molecule has 0 unspecified atom stereocenters. The van der Waals surface area contributed by atoms with E-state index in [0.29, 0.717) is 22.7 Å². The highest BCUT2D eigenvalue weighted by atomic mass is 32.1. The first kappa shape index (κ1) is 18.1. The van der Waals surface area contributed by atoms with Crippen molar-refractivity contribution in [3.05, 3.63) is 52.2 Å². The zero-order chi connectivity index (χ0) is 18.9. The predicted molar refractivity (Wildman–Crippen MR) is 90.5 cm³/mol. The van der Waals surface area contributed by atoms with Crippen LogP contribution in [0.25, 0.3) is 5.69 Å². The van der Waals surface area contributed by atoms with Gasteiger partial charge >= 0.3 is 6.18 Å². The fourth-order valence-corrected chi connectivity index (χ4v) is 3.10. The number of carbonyl (C=O) groups is 1. The van der Waals surface area contributed by atoms with Crippen LogP contribution in [-0.4, -0.2) is 25.3 Å². The maximum atomic E-state index is 13.3. The topological polar surface area (TPSA) is 72.7 Å². The number of aryl methyl sites for hydroxylation is 2. The lowest BCUT2D eigenvalue weighted by Crippen LogP contribution is -2.17. The zero-order valence-corrected chi connectivity index (χ0v) is 14.6. The summed E-state index contributed by atoms with van der Waals surface area (Å²) in [6.45, 7) is 3.47. The number of amides is 1. The van der Waals surface area contributed by atoms with Crippen LogP contribution in [0.2, 0.25) is 0 Å². The summed E-state index contributed by atoms with van der Waals surface area (Å²) in [5, 5.41) is 10.6. The van der Waals surface area contributed by atoms with E-state index < -0.39 is 17.6 Å². The van der Waals surface area contributed by atoms with Crippen molar-refractivity contribution in [2.45, 2.75) is 26.4 Å². The van der Waals surface area contributed by atoms with Crippen LogP contribution in [0.3, 0.4) is 0 Å². The molecule has 0 bridgehead atoms. The van der Waals surface area contributed by atoms with Gasteiger partial charge in [-0.15, -0.1) is 5.10 Å². The number of alkyl halides is 3. The van der Waals surface area contributed by atoms with Gasteiger partial charge in [-0.3, -0.25) is 4.79 Å². The quantitative estimate of drug-likeness (QED) is 0.745. The van der Waals surface area contributed by atoms with Crippen molar-refractivity contribution in [1.82, 2.24) is 19.4 Å². The molecule has 0 aliphatic carbocycles. The molecule has 0 atom stereocenters. The fourth-order valence-electron chi connectivity index (χ4n) is 2.46. The van der Waals surface area contributed by atoms with Gasteiger partial charge in [0.25, 0.3) is 5.91 Å². The van der Waals surface area contributed by atoms with E-state index in [-0.39, 0.29) is 11.5 Å². The Labute approximate surface area is 150 Å². The van der Waals surface area contributed by atoms with Gasteiger partial charge in [-0.25, -0.2) is 4.68 Å². The Morgan fingerprint density at radius 3 is 2.73 bits per heavy atom. The number of aromatic nitrogens is 4. The number of anilines is 1. The normalized spacial score (nSPS) is 11.6. The molecule has 0 saturated carbocycles. The van der Waals surface area contributed by atoms with E-state index in [1.165, 1.54) is 24.3 Å². The molecule has 0 radical (unpaired) electrons. The second-order valence-electron chi connectivity index (χ2n) is 5.45. The molecule has 0 aliphatic heterocycles. The Morgan fingerprint density at radius 1 is 1.31 bits per heavy atom. The largest absolute Gasteiger partial charge is 0.418 e. The fraction of sp³-hybridized carbons (Fsp3) is 0.250. The van der Waals surface area contributed by atoms with Crippen LogP contribution in [0.1, 0.15) is 33.5 Å². The molecule has 0 aliphatic rings. The molecule has 6 nitrogen and oxygen atoms in total. The van der Waals surface area contributed by atoms with Crippen LogP contribution in [0.4, 0.5) is 19.0 Å². The van der Waals surface area contributed by atoms with Crippen LogP contribution in [0.15, 0.2) is 30.3 Å². The maximum absolute atomic E-state index is 13.3. The Morgan fingerprint density at radius 2 is 2.04 bits per heavy atom. The Hall–Kier alpha value is -2.75. The first-order valence-electron chi connectivity index (χ1n) is 7.67. The van der Waals surface area contributed by atoms with E-state index in [9.17, 15) is 18.0 Å². The summed E-state index contributed by atoms with van der Waals surface area (Å²) in [4.78, 5) is 12.8. The van der Waals surface area contributed by atoms with E-state index in [2.05, 4.69) is 20.0 Å². The summed E-state index contributed by atoms with van der Waals surface area (Å²) in [6, 6.07) is 6.56.